The number of aromatic nitrogens is 1. The zero-order valence-electron chi connectivity index (χ0n) is 12.5. The van der Waals surface area contributed by atoms with Gasteiger partial charge >= 0.3 is 0 Å². The number of nitrogens with one attached hydrogen (secondary N) is 1. The first kappa shape index (κ1) is 15.8. The van der Waals surface area contributed by atoms with Crippen LogP contribution >= 0.6 is 22.9 Å². The molecular weight excluding hydrogens is 332 g/mol. The van der Waals surface area contributed by atoms with E-state index in [0.717, 1.165) is 28.0 Å². The molecule has 0 aliphatic rings. The highest BCUT2D eigenvalue weighted by Gasteiger charge is 2.10. The van der Waals surface area contributed by atoms with Gasteiger partial charge in [0, 0.05) is 5.02 Å². The van der Waals surface area contributed by atoms with E-state index in [9.17, 15) is 4.79 Å². The largest absolute Gasteiger partial charge is 0.483 e. The van der Waals surface area contributed by atoms with Crippen LogP contribution in [0, 0.1) is 0 Å². The molecule has 0 saturated heterocycles. The first-order valence-electron chi connectivity index (χ1n) is 7.22. The average Bonchev–Trinajstić information content (AvgIpc) is 2.94. The Hall–Kier alpha value is -2.11. The van der Waals surface area contributed by atoms with Gasteiger partial charge in [-0.05, 0) is 36.2 Å². The lowest BCUT2D eigenvalue weighted by Gasteiger charge is -2.09. The highest BCUT2D eigenvalue weighted by molar-refractivity contribution is 7.22. The Kier molecular flexibility index (Phi) is 4.79. The Morgan fingerprint density at radius 3 is 2.96 bits per heavy atom. The fourth-order valence-electron chi connectivity index (χ4n) is 2.19. The summed E-state index contributed by atoms with van der Waals surface area (Å²) in [5, 5.41) is 3.95. The molecular formula is C17H15ClN2O2S. The quantitative estimate of drug-likeness (QED) is 0.738. The van der Waals surface area contributed by atoms with Crippen LogP contribution in [0.25, 0.3) is 10.2 Å². The van der Waals surface area contributed by atoms with E-state index in [0.29, 0.717) is 10.2 Å². The first-order chi connectivity index (χ1) is 11.2. The van der Waals surface area contributed by atoms with Crippen LogP contribution < -0.4 is 10.1 Å². The molecule has 1 aromatic heterocycles. The predicted molar refractivity (Wildman–Crippen MR) is 94.6 cm³/mol. The Balaban J connectivity index is 1.64. The molecule has 4 nitrogen and oxygen atoms in total. The number of thiazole rings is 1. The fourth-order valence-corrected chi connectivity index (χ4v) is 3.35. The monoisotopic (exact) mass is 346 g/mol. The van der Waals surface area contributed by atoms with Crippen molar-refractivity contribution in [1.82, 2.24) is 4.98 Å². The number of benzene rings is 2. The zero-order valence-corrected chi connectivity index (χ0v) is 14.1. The molecule has 0 fully saturated rings. The van der Waals surface area contributed by atoms with Crippen molar-refractivity contribution < 1.29 is 9.53 Å². The molecule has 0 atom stereocenters. The minimum atomic E-state index is -0.235. The number of aryl methyl sites for hydroxylation is 1. The van der Waals surface area contributed by atoms with Gasteiger partial charge in [-0.2, -0.15) is 0 Å². The van der Waals surface area contributed by atoms with Crippen LogP contribution in [0.2, 0.25) is 5.02 Å². The smallest absolute Gasteiger partial charge is 0.264 e. The SMILES string of the molecule is CCc1ccccc1OCC(=O)Nc1nc2ccc(Cl)cc2s1. The van der Waals surface area contributed by atoms with Gasteiger partial charge in [-0.25, -0.2) is 4.98 Å². The van der Waals surface area contributed by atoms with Crippen molar-refractivity contribution in [2.75, 3.05) is 11.9 Å². The summed E-state index contributed by atoms with van der Waals surface area (Å²) < 4.78 is 6.53. The summed E-state index contributed by atoms with van der Waals surface area (Å²) in [6.07, 6.45) is 0.858. The molecule has 118 valence electrons. The molecule has 1 N–H and O–H groups in total. The topological polar surface area (TPSA) is 51.2 Å². The number of rotatable bonds is 5. The second kappa shape index (κ2) is 6.98. The molecule has 0 saturated carbocycles. The van der Waals surface area contributed by atoms with Gasteiger partial charge in [0.05, 0.1) is 10.2 Å². The average molecular weight is 347 g/mol. The van der Waals surface area contributed by atoms with Crippen LogP contribution in [0.5, 0.6) is 5.75 Å². The third-order valence-corrected chi connectivity index (χ3v) is 4.48. The fraction of sp³-hybridized carbons (Fsp3) is 0.176. The molecule has 23 heavy (non-hydrogen) atoms. The van der Waals surface area contributed by atoms with E-state index in [2.05, 4.69) is 17.2 Å². The van der Waals surface area contributed by atoms with Crippen molar-refractivity contribution in [1.29, 1.82) is 0 Å². The molecule has 0 aliphatic heterocycles. The van der Waals surface area contributed by atoms with Crippen LogP contribution in [-0.2, 0) is 11.2 Å². The number of hydrogen-bond donors (Lipinski definition) is 1. The number of carbonyl (C=O) groups is 1. The Morgan fingerprint density at radius 2 is 2.13 bits per heavy atom. The van der Waals surface area contributed by atoms with Crippen LogP contribution in [0.3, 0.4) is 0 Å². The van der Waals surface area contributed by atoms with Crippen LogP contribution in [0.1, 0.15) is 12.5 Å². The number of fused-ring (bicyclic) bond motifs is 1. The number of hydrogen-bond acceptors (Lipinski definition) is 4. The lowest BCUT2D eigenvalue weighted by Crippen LogP contribution is -2.20. The molecule has 0 bridgehead atoms. The summed E-state index contributed by atoms with van der Waals surface area (Å²) in [4.78, 5) is 16.4. The molecule has 1 amide bonds. The summed E-state index contributed by atoms with van der Waals surface area (Å²) in [6.45, 7) is 2.00. The number of nitrogens with zero attached hydrogens (tertiary/aromatic N) is 1. The van der Waals surface area contributed by atoms with Gasteiger partial charge in [0.25, 0.3) is 5.91 Å². The molecule has 0 spiro atoms. The number of anilines is 1. The Labute approximate surface area is 143 Å². The number of carbonyl (C=O) groups excluding carboxylic acids is 1. The highest BCUT2D eigenvalue weighted by atomic mass is 35.5. The maximum absolute atomic E-state index is 12.0. The summed E-state index contributed by atoms with van der Waals surface area (Å²) in [6, 6.07) is 13.1. The second-order valence-corrected chi connectivity index (χ2v) is 6.40. The number of halogens is 1. The van der Waals surface area contributed by atoms with Gasteiger partial charge in [-0.15, -0.1) is 0 Å². The predicted octanol–water partition coefficient (Wildman–Crippen LogP) is 4.53. The lowest BCUT2D eigenvalue weighted by molar-refractivity contribution is -0.118. The van der Waals surface area contributed by atoms with E-state index >= 15 is 0 Å². The lowest BCUT2D eigenvalue weighted by atomic mass is 10.1. The molecule has 6 heteroatoms. The van der Waals surface area contributed by atoms with Gasteiger partial charge in [-0.3, -0.25) is 10.1 Å². The minimum absolute atomic E-state index is 0.0479. The van der Waals surface area contributed by atoms with Gasteiger partial charge in [0.2, 0.25) is 0 Å². The van der Waals surface area contributed by atoms with Gasteiger partial charge in [0.1, 0.15) is 5.75 Å². The van der Waals surface area contributed by atoms with Crippen LogP contribution in [-0.4, -0.2) is 17.5 Å². The van der Waals surface area contributed by atoms with Crippen molar-refractivity contribution >= 4 is 44.2 Å². The standard InChI is InChI=1S/C17H15ClN2O2S/c1-2-11-5-3-4-6-14(11)22-10-16(21)20-17-19-13-8-7-12(18)9-15(13)23-17/h3-9H,2,10H2,1H3,(H,19,20,21). The van der Waals surface area contributed by atoms with Crippen molar-refractivity contribution in [2.24, 2.45) is 0 Å². The van der Waals surface area contributed by atoms with Gasteiger partial charge in [0.15, 0.2) is 11.7 Å². The molecule has 3 aromatic rings. The van der Waals surface area contributed by atoms with E-state index in [1.807, 2.05) is 36.4 Å². The van der Waals surface area contributed by atoms with E-state index in [1.165, 1.54) is 11.3 Å². The zero-order chi connectivity index (χ0) is 16.2. The van der Waals surface area contributed by atoms with Gasteiger partial charge < -0.3 is 4.74 Å². The number of para-hydroxylation sites is 1. The molecule has 0 unspecified atom stereocenters. The van der Waals surface area contributed by atoms with E-state index in [4.69, 9.17) is 16.3 Å². The normalized spacial score (nSPS) is 10.7. The molecule has 2 aromatic carbocycles. The Bertz CT molecular complexity index is 847. The van der Waals surface area contributed by atoms with Crippen molar-refractivity contribution in [3.05, 3.63) is 53.1 Å². The summed E-state index contributed by atoms with van der Waals surface area (Å²) >= 11 is 7.34. The first-order valence-corrected chi connectivity index (χ1v) is 8.42. The molecule has 3 rings (SSSR count). The number of ether oxygens (including phenoxy) is 1. The highest BCUT2D eigenvalue weighted by Crippen LogP contribution is 2.28. The van der Waals surface area contributed by atoms with Crippen LogP contribution in [0.15, 0.2) is 42.5 Å². The van der Waals surface area contributed by atoms with Crippen molar-refractivity contribution in [2.45, 2.75) is 13.3 Å². The van der Waals surface area contributed by atoms with E-state index < -0.39 is 0 Å². The Morgan fingerprint density at radius 1 is 1.30 bits per heavy atom. The molecule has 0 aliphatic carbocycles. The molecule has 0 radical (unpaired) electrons. The minimum Gasteiger partial charge on any atom is -0.483 e. The van der Waals surface area contributed by atoms with Crippen molar-refractivity contribution in [3.63, 3.8) is 0 Å². The maximum Gasteiger partial charge on any atom is 0.264 e. The third-order valence-electron chi connectivity index (χ3n) is 3.31. The maximum atomic E-state index is 12.0. The summed E-state index contributed by atoms with van der Waals surface area (Å²) in [7, 11) is 0. The third kappa shape index (κ3) is 3.81. The van der Waals surface area contributed by atoms with Crippen LogP contribution in [0.4, 0.5) is 5.13 Å². The summed E-state index contributed by atoms with van der Waals surface area (Å²) in [5.74, 6) is 0.502. The van der Waals surface area contributed by atoms with Crippen molar-refractivity contribution in [3.8, 4) is 5.75 Å². The van der Waals surface area contributed by atoms with E-state index in [1.54, 1.807) is 6.07 Å². The second-order valence-electron chi connectivity index (χ2n) is 4.93. The molecule has 1 heterocycles. The van der Waals surface area contributed by atoms with Gasteiger partial charge in [-0.1, -0.05) is 48.1 Å². The summed E-state index contributed by atoms with van der Waals surface area (Å²) in [5.41, 5.74) is 1.89. The number of amides is 1. The van der Waals surface area contributed by atoms with E-state index in [-0.39, 0.29) is 12.5 Å².